The third-order valence-electron chi connectivity index (χ3n) is 4.95. The number of carbonyl (C=O) groups excluding carboxylic acids is 1. The van der Waals surface area contributed by atoms with Gasteiger partial charge in [-0.3, -0.25) is 9.59 Å². The maximum absolute atomic E-state index is 12.8. The molecule has 1 N–H and O–H groups in total. The van der Waals surface area contributed by atoms with Crippen molar-refractivity contribution in [3.8, 4) is 0 Å². The molecule has 3 rings (SSSR count). The molecule has 0 unspecified atom stereocenters. The van der Waals surface area contributed by atoms with E-state index in [1.165, 1.54) is 0 Å². The van der Waals surface area contributed by atoms with Crippen LogP contribution in [-0.2, 0) is 19.1 Å². The van der Waals surface area contributed by atoms with Gasteiger partial charge in [-0.25, -0.2) is 0 Å². The highest BCUT2D eigenvalue weighted by molar-refractivity contribution is 5.91. The zero-order valence-corrected chi connectivity index (χ0v) is 12.6. The summed E-state index contributed by atoms with van der Waals surface area (Å²) < 4.78 is 11.0. The van der Waals surface area contributed by atoms with Gasteiger partial charge < -0.3 is 19.5 Å². The Morgan fingerprint density at radius 2 is 2.41 bits per heavy atom. The van der Waals surface area contributed by atoms with Crippen molar-refractivity contribution >= 4 is 11.9 Å². The highest BCUT2D eigenvalue weighted by Gasteiger charge is 2.70. The Hall–Kier alpha value is -1.66. The fourth-order valence-electron chi connectivity index (χ4n) is 4.12. The Labute approximate surface area is 129 Å². The van der Waals surface area contributed by atoms with E-state index < -0.39 is 29.5 Å². The maximum Gasteiger partial charge on any atom is 0.310 e. The van der Waals surface area contributed by atoms with Crippen LogP contribution in [0.4, 0.5) is 0 Å². The fourth-order valence-corrected chi connectivity index (χ4v) is 4.12. The summed E-state index contributed by atoms with van der Waals surface area (Å²) in [5, 5.41) is 9.49. The molecule has 22 heavy (non-hydrogen) atoms. The second kappa shape index (κ2) is 5.52. The summed E-state index contributed by atoms with van der Waals surface area (Å²) >= 11 is 0. The fraction of sp³-hybridized carbons (Fsp3) is 0.625. The van der Waals surface area contributed by atoms with Gasteiger partial charge in [0.15, 0.2) is 0 Å². The molecule has 3 heterocycles. The van der Waals surface area contributed by atoms with Gasteiger partial charge in [-0.05, 0) is 12.8 Å². The quantitative estimate of drug-likeness (QED) is 0.557. The predicted molar refractivity (Wildman–Crippen MR) is 78.2 cm³/mol. The van der Waals surface area contributed by atoms with Crippen LogP contribution in [-0.4, -0.2) is 59.9 Å². The average molecular weight is 307 g/mol. The summed E-state index contributed by atoms with van der Waals surface area (Å²) in [4.78, 5) is 26.2. The van der Waals surface area contributed by atoms with Gasteiger partial charge in [0.1, 0.15) is 11.5 Å². The van der Waals surface area contributed by atoms with Crippen molar-refractivity contribution < 1.29 is 24.2 Å². The zero-order chi connectivity index (χ0) is 15.9. The summed E-state index contributed by atoms with van der Waals surface area (Å²) in [6, 6.07) is -0.190. The molecule has 0 aromatic rings. The number of hydrogen-bond acceptors (Lipinski definition) is 4. The summed E-state index contributed by atoms with van der Waals surface area (Å²) in [6.45, 7) is 4.87. The maximum atomic E-state index is 12.8. The van der Waals surface area contributed by atoms with Crippen molar-refractivity contribution in [3.63, 3.8) is 0 Å². The lowest BCUT2D eigenvalue weighted by Gasteiger charge is -2.32. The molecule has 1 amide bonds. The molecule has 0 aromatic heterocycles. The lowest BCUT2D eigenvalue weighted by Crippen LogP contribution is -2.45. The molecule has 120 valence electrons. The van der Waals surface area contributed by atoms with Crippen LogP contribution in [0.3, 0.4) is 0 Å². The first kappa shape index (κ1) is 15.2. The van der Waals surface area contributed by atoms with Crippen LogP contribution < -0.4 is 0 Å². The first-order chi connectivity index (χ1) is 10.6. The number of ether oxygens (including phenoxy) is 2. The molecule has 5 atom stereocenters. The number of nitrogens with zero attached hydrogens (tertiary/aromatic N) is 1. The summed E-state index contributed by atoms with van der Waals surface area (Å²) in [5.74, 6) is -2.52. The Balaban J connectivity index is 1.92. The molecule has 6 nitrogen and oxygen atoms in total. The SMILES string of the molecule is C=CC[C@@H]1N(CCCOC)C(=O)[C@H]2[C@@H](C(=O)O)[C@@H]3C=C[C@@]12O3. The first-order valence-corrected chi connectivity index (χ1v) is 7.57. The Kier molecular flexibility index (Phi) is 3.82. The molecule has 3 aliphatic heterocycles. The van der Waals surface area contributed by atoms with E-state index in [0.29, 0.717) is 26.0 Å². The minimum atomic E-state index is -0.967. The number of carboxylic acid groups (broad SMARTS) is 1. The van der Waals surface area contributed by atoms with Gasteiger partial charge in [0.05, 0.1) is 18.1 Å². The average Bonchev–Trinajstić information content (AvgIpc) is 3.11. The number of carboxylic acids is 1. The number of amides is 1. The van der Waals surface area contributed by atoms with Crippen LogP contribution >= 0.6 is 0 Å². The molecule has 6 heteroatoms. The number of likely N-dealkylation sites (tertiary alicyclic amines) is 1. The smallest absolute Gasteiger partial charge is 0.310 e. The largest absolute Gasteiger partial charge is 0.481 e. The zero-order valence-electron chi connectivity index (χ0n) is 12.6. The van der Waals surface area contributed by atoms with Crippen molar-refractivity contribution in [2.75, 3.05) is 20.3 Å². The standard InChI is InChI=1S/C16H21NO5/c1-3-5-11-16-7-6-10(22-16)12(15(19)20)13(16)14(18)17(11)8-4-9-21-2/h3,6-7,10-13H,1,4-5,8-9H2,2H3,(H,19,20)/t10-,11-,12-,13+,16+/m0/s1. The van der Waals surface area contributed by atoms with E-state index >= 15 is 0 Å². The third-order valence-corrected chi connectivity index (χ3v) is 4.95. The van der Waals surface area contributed by atoms with Crippen LogP contribution in [0, 0.1) is 11.8 Å². The van der Waals surface area contributed by atoms with E-state index in [9.17, 15) is 14.7 Å². The number of carbonyl (C=O) groups is 2. The minimum absolute atomic E-state index is 0.123. The number of aliphatic carboxylic acids is 1. The third kappa shape index (κ3) is 1.94. The molecule has 2 saturated heterocycles. The van der Waals surface area contributed by atoms with E-state index in [1.54, 1.807) is 24.2 Å². The summed E-state index contributed by atoms with van der Waals surface area (Å²) in [6.07, 6.45) is 6.24. The van der Waals surface area contributed by atoms with Gasteiger partial charge in [-0.15, -0.1) is 6.58 Å². The molecule has 0 aromatic carbocycles. The molecule has 2 fully saturated rings. The second-order valence-corrected chi connectivity index (χ2v) is 6.05. The van der Waals surface area contributed by atoms with E-state index in [0.717, 1.165) is 0 Å². The number of hydrogen-bond donors (Lipinski definition) is 1. The van der Waals surface area contributed by atoms with Crippen LogP contribution in [0.1, 0.15) is 12.8 Å². The van der Waals surface area contributed by atoms with Gasteiger partial charge in [0.2, 0.25) is 5.91 Å². The van der Waals surface area contributed by atoms with E-state index in [4.69, 9.17) is 9.47 Å². The van der Waals surface area contributed by atoms with Gasteiger partial charge in [0, 0.05) is 20.3 Å². The molecule has 0 radical (unpaired) electrons. The van der Waals surface area contributed by atoms with Crippen molar-refractivity contribution in [2.45, 2.75) is 30.6 Å². The molecule has 2 bridgehead atoms. The van der Waals surface area contributed by atoms with Crippen molar-refractivity contribution in [1.82, 2.24) is 4.90 Å². The summed E-state index contributed by atoms with van der Waals surface area (Å²) in [7, 11) is 1.62. The van der Waals surface area contributed by atoms with E-state index in [2.05, 4.69) is 6.58 Å². The highest BCUT2D eigenvalue weighted by atomic mass is 16.5. The monoisotopic (exact) mass is 307 g/mol. The molecule has 3 aliphatic rings. The second-order valence-electron chi connectivity index (χ2n) is 6.05. The Morgan fingerprint density at radius 3 is 3.05 bits per heavy atom. The molecule has 1 spiro atoms. The molecule has 0 saturated carbocycles. The van der Waals surface area contributed by atoms with Crippen molar-refractivity contribution in [1.29, 1.82) is 0 Å². The highest BCUT2D eigenvalue weighted by Crippen LogP contribution is 2.55. The lowest BCUT2D eigenvalue weighted by molar-refractivity contribution is -0.148. The van der Waals surface area contributed by atoms with Crippen LogP contribution in [0.5, 0.6) is 0 Å². The molecule has 0 aliphatic carbocycles. The molecular weight excluding hydrogens is 286 g/mol. The molecular formula is C16H21NO5. The lowest BCUT2D eigenvalue weighted by atomic mass is 9.74. The predicted octanol–water partition coefficient (Wildman–Crippen LogP) is 0.834. The van der Waals surface area contributed by atoms with Gasteiger partial charge in [0.25, 0.3) is 0 Å². The van der Waals surface area contributed by atoms with E-state index in [-0.39, 0.29) is 11.9 Å². The Morgan fingerprint density at radius 1 is 1.64 bits per heavy atom. The van der Waals surface area contributed by atoms with Gasteiger partial charge >= 0.3 is 5.97 Å². The minimum Gasteiger partial charge on any atom is -0.481 e. The van der Waals surface area contributed by atoms with Crippen LogP contribution in [0.2, 0.25) is 0 Å². The van der Waals surface area contributed by atoms with Gasteiger partial charge in [-0.2, -0.15) is 0 Å². The number of methoxy groups -OCH3 is 1. The first-order valence-electron chi connectivity index (χ1n) is 7.57. The Bertz CT molecular complexity index is 531. The number of fused-ring (bicyclic) bond motifs is 1. The topological polar surface area (TPSA) is 76.1 Å². The van der Waals surface area contributed by atoms with Crippen LogP contribution in [0.15, 0.2) is 24.8 Å². The van der Waals surface area contributed by atoms with E-state index in [1.807, 2.05) is 6.08 Å². The van der Waals surface area contributed by atoms with Crippen molar-refractivity contribution in [3.05, 3.63) is 24.8 Å². The van der Waals surface area contributed by atoms with Crippen molar-refractivity contribution in [2.24, 2.45) is 11.8 Å². The number of rotatable bonds is 7. The van der Waals surface area contributed by atoms with Crippen LogP contribution in [0.25, 0.3) is 0 Å². The van der Waals surface area contributed by atoms with Gasteiger partial charge in [-0.1, -0.05) is 18.2 Å². The summed E-state index contributed by atoms with van der Waals surface area (Å²) in [5.41, 5.74) is -0.813. The normalized spacial score (nSPS) is 38.6.